The number of benzene rings is 2. The summed E-state index contributed by atoms with van der Waals surface area (Å²) >= 11 is 3.43. The number of rotatable bonds is 5. The number of carbonyl (C=O) groups is 3. The van der Waals surface area contributed by atoms with Crippen molar-refractivity contribution in [1.29, 1.82) is 0 Å². The van der Waals surface area contributed by atoms with Crippen molar-refractivity contribution in [3.8, 4) is 0 Å². The fourth-order valence-corrected chi connectivity index (χ4v) is 5.40. The number of hydrogen-bond acceptors (Lipinski definition) is 4. The average molecular weight is 598 g/mol. The number of imide groups is 1. The molecule has 3 amide bonds. The van der Waals surface area contributed by atoms with Crippen molar-refractivity contribution in [1.82, 2.24) is 9.96 Å². The summed E-state index contributed by atoms with van der Waals surface area (Å²) < 4.78 is 2.14. The van der Waals surface area contributed by atoms with Gasteiger partial charge in [-0.05, 0) is 18.2 Å². The van der Waals surface area contributed by atoms with Crippen LogP contribution in [0, 0.1) is 9.49 Å². The quantitative estimate of drug-likeness (QED) is 0.296. The molecule has 1 saturated heterocycles. The van der Waals surface area contributed by atoms with Gasteiger partial charge in [-0.2, -0.15) is 0 Å². The predicted molar refractivity (Wildman–Crippen MR) is 115 cm³/mol. The van der Waals surface area contributed by atoms with Crippen LogP contribution in [0.4, 0.5) is 4.79 Å². The second-order valence-electron chi connectivity index (χ2n) is 7.74. The first-order chi connectivity index (χ1) is 15.0. The Morgan fingerprint density at radius 1 is 1.06 bits per heavy atom. The zero-order chi connectivity index (χ0) is 22.0. The fraction of sp³-hybridized carbons (Fsp3) is 0.348. The summed E-state index contributed by atoms with van der Waals surface area (Å²) in [7, 11) is 0. The normalized spacial score (nSPS) is 16.7. The van der Waals surface area contributed by atoms with E-state index in [9.17, 15) is 14.4 Å². The minimum absolute atomic E-state index is 0.139. The monoisotopic (exact) mass is 597 g/mol. The molecule has 31 heavy (non-hydrogen) atoms. The Morgan fingerprint density at radius 3 is 2.42 bits per heavy atom. The van der Waals surface area contributed by atoms with E-state index >= 15 is 0 Å². The van der Waals surface area contributed by atoms with E-state index in [-0.39, 0.29) is 32.3 Å². The summed E-state index contributed by atoms with van der Waals surface area (Å²) in [4.78, 5) is 46.5. The SMILES string of the molecule is C[I-]c1ccc(CCC2CCN(C(=O)ON3C(=O)c4ccc(Br)cc4C3=O)CC2)cc1. The Balaban J connectivity index is 1.27. The van der Waals surface area contributed by atoms with Gasteiger partial charge in [-0.1, -0.05) is 21.0 Å². The molecular formula is C23H23BrIN2O4-. The number of amides is 3. The Morgan fingerprint density at radius 2 is 1.74 bits per heavy atom. The standard InChI is InChI=1S/C23H23BrIN2O4/c1-25-18-7-4-15(5-8-18)2-3-16-10-12-26(13-11-16)23(30)31-27-21(28)19-9-6-17(24)14-20(19)22(27)29/h4-9,14,16H,2-3,10-13H2,1H3/q-1. The van der Waals surface area contributed by atoms with Gasteiger partial charge in [0.2, 0.25) is 0 Å². The summed E-state index contributed by atoms with van der Waals surface area (Å²) in [6.45, 7) is 1.13. The first-order valence-corrected chi connectivity index (χ1v) is 14.2. The molecule has 0 spiro atoms. The van der Waals surface area contributed by atoms with Crippen LogP contribution in [-0.2, 0) is 11.3 Å². The summed E-state index contributed by atoms with van der Waals surface area (Å²) in [5.74, 6) is -0.660. The van der Waals surface area contributed by atoms with Crippen molar-refractivity contribution in [3.63, 3.8) is 0 Å². The number of fused-ring (bicyclic) bond motifs is 1. The van der Waals surface area contributed by atoms with Crippen LogP contribution < -0.4 is 21.2 Å². The van der Waals surface area contributed by atoms with E-state index in [1.54, 1.807) is 23.1 Å². The van der Waals surface area contributed by atoms with Crippen LogP contribution in [0.5, 0.6) is 0 Å². The van der Waals surface area contributed by atoms with E-state index in [1.165, 1.54) is 9.13 Å². The number of hydrogen-bond donors (Lipinski definition) is 0. The Bertz CT molecular complexity index is 1000. The van der Waals surface area contributed by atoms with Gasteiger partial charge >= 0.3 is 125 Å². The van der Waals surface area contributed by atoms with Crippen LogP contribution in [0.1, 0.15) is 45.5 Å². The summed E-state index contributed by atoms with van der Waals surface area (Å²) in [6.07, 6.45) is 3.27. The molecule has 8 heteroatoms. The van der Waals surface area contributed by atoms with Gasteiger partial charge in [0.1, 0.15) is 0 Å². The van der Waals surface area contributed by atoms with E-state index in [4.69, 9.17) is 4.84 Å². The van der Waals surface area contributed by atoms with Gasteiger partial charge in [-0.25, -0.2) is 0 Å². The topological polar surface area (TPSA) is 66.9 Å². The van der Waals surface area contributed by atoms with E-state index in [1.807, 2.05) is 0 Å². The maximum atomic E-state index is 12.6. The number of piperidine rings is 1. The Hall–Kier alpha value is -1.94. The molecule has 6 nitrogen and oxygen atoms in total. The second kappa shape index (κ2) is 9.68. The fourth-order valence-electron chi connectivity index (χ4n) is 3.96. The number of alkyl halides is 1. The molecule has 0 aliphatic carbocycles. The van der Waals surface area contributed by atoms with Crippen LogP contribution in [0.15, 0.2) is 46.9 Å². The summed E-state index contributed by atoms with van der Waals surface area (Å²) in [5.41, 5.74) is 1.84. The molecule has 164 valence electrons. The van der Waals surface area contributed by atoms with Crippen molar-refractivity contribution in [2.24, 2.45) is 5.92 Å². The molecule has 0 radical (unpaired) electrons. The van der Waals surface area contributed by atoms with Crippen molar-refractivity contribution in [3.05, 3.63) is 67.2 Å². The molecule has 0 atom stereocenters. The van der Waals surface area contributed by atoms with Crippen molar-refractivity contribution >= 4 is 33.8 Å². The average Bonchev–Trinajstić information content (AvgIpc) is 3.02. The number of hydroxylamine groups is 2. The third-order valence-corrected chi connectivity index (χ3v) is 8.28. The Labute approximate surface area is 200 Å². The number of likely N-dealkylation sites (tertiary alicyclic amines) is 1. The van der Waals surface area contributed by atoms with Crippen LogP contribution in [-0.4, -0.2) is 45.9 Å². The molecule has 2 aliphatic rings. The van der Waals surface area contributed by atoms with E-state index in [0.717, 1.165) is 25.7 Å². The molecule has 4 rings (SSSR count). The van der Waals surface area contributed by atoms with Crippen LogP contribution >= 0.6 is 15.9 Å². The number of nitrogens with zero attached hydrogens (tertiary/aromatic N) is 2. The van der Waals surface area contributed by atoms with E-state index < -0.39 is 17.9 Å². The Kier molecular flexibility index (Phi) is 6.95. The second-order valence-corrected chi connectivity index (χ2v) is 11.0. The summed E-state index contributed by atoms with van der Waals surface area (Å²) in [5, 5.41) is 0.577. The molecular weight excluding hydrogens is 575 g/mol. The molecule has 0 aromatic heterocycles. The van der Waals surface area contributed by atoms with Crippen molar-refractivity contribution in [2.45, 2.75) is 25.7 Å². The first kappa shape index (κ1) is 22.3. The van der Waals surface area contributed by atoms with Crippen LogP contribution in [0.3, 0.4) is 0 Å². The van der Waals surface area contributed by atoms with Gasteiger partial charge in [0, 0.05) is 4.47 Å². The number of aryl methyl sites for hydroxylation is 1. The van der Waals surface area contributed by atoms with Gasteiger partial charge in [0.15, 0.2) is 0 Å². The molecule has 0 bridgehead atoms. The molecule has 0 saturated carbocycles. The van der Waals surface area contributed by atoms with E-state index in [2.05, 4.69) is 45.1 Å². The molecule has 2 aromatic rings. The summed E-state index contributed by atoms with van der Waals surface area (Å²) in [6, 6.07) is 13.7. The molecule has 0 N–H and O–H groups in total. The van der Waals surface area contributed by atoms with Gasteiger partial charge in [-0.15, -0.1) is 0 Å². The van der Waals surface area contributed by atoms with Crippen LogP contribution in [0.2, 0.25) is 0 Å². The zero-order valence-electron chi connectivity index (χ0n) is 17.1. The maximum absolute atomic E-state index is 12.6. The molecule has 2 aliphatic heterocycles. The van der Waals surface area contributed by atoms with Gasteiger partial charge in [-0.3, -0.25) is 9.59 Å². The third-order valence-electron chi connectivity index (χ3n) is 5.83. The van der Waals surface area contributed by atoms with E-state index in [0.29, 0.717) is 28.5 Å². The van der Waals surface area contributed by atoms with Crippen LogP contribution in [0.25, 0.3) is 0 Å². The van der Waals surface area contributed by atoms with Gasteiger partial charge < -0.3 is 0 Å². The van der Waals surface area contributed by atoms with Gasteiger partial charge in [0.05, 0.1) is 11.1 Å². The zero-order valence-corrected chi connectivity index (χ0v) is 20.9. The van der Waals surface area contributed by atoms with Gasteiger partial charge in [0.25, 0.3) is 11.8 Å². The molecule has 0 unspecified atom stereocenters. The molecule has 2 heterocycles. The molecule has 2 aromatic carbocycles. The van der Waals surface area contributed by atoms with Crippen molar-refractivity contribution in [2.75, 3.05) is 18.0 Å². The van der Waals surface area contributed by atoms with Crippen molar-refractivity contribution < 1.29 is 40.4 Å². The predicted octanol–water partition coefficient (Wildman–Crippen LogP) is 1.33. The minimum atomic E-state index is -0.648. The first-order valence-electron chi connectivity index (χ1n) is 10.2. The molecule has 1 fully saturated rings. The third kappa shape index (κ3) is 4.95. The number of carbonyl (C=O) groups excluding carboxylic acids is 3. The number of halogens is 2.